The van der Waals surface area contributed by atoms with E-state index in [1.54, 1.807) is 36.4 Å². The van der Waals surface area contributed by atoms with Crippen LogP contribution < -0.4 is 10.2 Å². The number of hydrogen-bond donors (Lipinski definition) is 2. The summed E-state index contributed by atoms with van der Waals surface area (Å²) in [5, 5.41) is 26.0. The van der Waals surface area contributed by atoms with Crippen LogP contribution >= 0.6 is 11.6 Å². The molecule has 2 N–H and O–H groups in total. The van der Waals surface area contributed by atoms with Gasteiger partial charge in [-0.1, -0.05) is 47.3 Å². The second-order valence-corrected chi connectivity index (χ2v) is 5.19. The number of H-pyrrole nitrogens is 2. The van der Waals surface area contributed by atoms with Crippen LogP contribution in [0.3, 0.4) is 0 Å². The van der Waals surface area contributed by atoms with E-state index in [4.69, 9.17) is 13.0 Å². The number of benzene rings is 2. The van der Waals surface area contributed by atoms with Gasteiger partial charge in [0.25, 0.3) is 0 Å². The molecule has 104 valence electrons. The lowest BCUT2D eigenvalue weighted by atomic mass is 10.2. The molecule has 0 unspecified atom stereocenters. The Morgan fingerprint density at radius 2 is 1.62 bits per heavy atom. The molecule has 4 aromatic rings. The number of nitrogens with one attached hydrogen (secondary N) is 2. The van der Waals surface area contributed by atoms with Crippen LogP contribution in [0.5, 0.6) is 11.5 Å². The van der Waals surface area contributed by atoms with Gasteiger partial charge in [0, 0.05) is 21.4 Å². The molecule has 4 rings (SSSR count). The number of aromatic nitrogens is 2. The van der Waals surface area contributed by atoms with Gasteiger partial charge in [0.15, 0.2) is 0 Å². The quantitative estimate of drug-likeness (QED) is 0.566. The molecule has 0 amide bonds. The fraction of sp³-hybridized carbons (Fsp3) is 0. The van der Waals surface area contributed by atoms with E-state index in [1.165, 1.54) is 0 Å². The summed E-state index contributed by atoms with van der Waals surface area (Å²) in [5.41, 5.74) is 1.45. The first-order valence-corrected chi connectivity index (χ1v) is 6.71. The average molecular weight is 298 g/mol. The predicted octanol–water partition coefficient (Wildman–Crippen LogP) is 3.12. The number of fused-ring (bicyclic) bond motifs is 2. The third-order valence-corrected chi connectivity index (χ3v) is 3.86. The molecule has 5 heteroatoms. The van der Waals surface area contributed by atoms with Crippen molar-refractivity contribution in [3.63, 3.8) is 0 Å². The Bertz CT molecular complexity index is 952. The first-order chi connectivity index (χ1) is 10.6. The summed E-state index contributed by atoms with van der Waals surface area (Å²) in [5.74, 6) is -0.684. The van der Waals surface area contributed by atoms with Crippen LogP contribution in [0.2, 0.25) is 5.02 Å². The Morgan fingerprint density at radius 3 is 2.38 bits per heavy atom. The van der Waals surface area contributed by atoms with Crippen molar-refractivity contribution in [3.8, 4) is 22.9 Å². The van der Waals surface area contributed by atoms with Crippen molar-refractivity contribution in [2.45, 2.75) is 0 Å². The summed E-state index contributed by atoms with van der Waals surface area (Å²) in [6.07, 6.45) is 0. The van der Waals surface area contributed by atoms with Crippen LogP contribution in [0.1, 0.15) is 1.37 Å². The third kappa shape index (κ3) is 1.63. The van der Waals surface area contributed by atoms with E-state index in [9.17, 15) is 10.2 Å². The van der Waals surface area contributed by atoms with Crippen molar-refractivity contribution in [2.75, 3.05) is 0 Å². The van der Waals surface area contributed by atoms with E-state index in [-0.39, 0.29) is 34.3 Å². The molecule has 0 saturated heterocycles. The fourth-order valence-corrected chi connectivity index (χ4v) is 2.83. The SMILES string of the molecule is [2H]c1cccc2[nH]c(-c3[nH]c4cccc(Cl)c4c3[O-])c([O-])c12. The standard InChI is InChI=1S/C16H11ClN2O2/c17-9-5-3-7-11-12(9)16(21)14(19-11)13-15(20)8-4-1-2-6-10(8)18-13/h1-7,18-21H/p-2/i4D. The van der Waals surface area contributed by atoms with E-state index in [0.29, 0.717) is 21.4 Å². The normalized spacial score (nSPS) is 12.1. The first kappa shape index (κ1) is 11.1. The minimum atomic E-state index is -0.361. The van der Waals surface area contributed by atoms with Crippen molar-refractivity contribution < 1.29 is 11.6 Å². The maximum atomic E-state index is 12.5. The summed E-state index contributed by atoms with van der Waals surface area (Å²) in [4.78, 5) is 5.89. The molecule has 4 nitrogen and oxygen atoms in total. The molecule has 0 fully saturated rings. The monoisotopic (exact) mass is 297 g/mol. The van der Waals surface area contributed by atoms with Gasteiger partial charge in [-0.05, 0) is 23.6 Å². The van der Waals surface area contributed by atoms with Crippen LogP contribution in [0, 0.1) is 0 Å². The number of rotatable bonds is 1. The zero-order valence-electron chi connectivity index (χ0n) is 11.7. The Hall–Kier alpha value is -2.59. The van der Waals surface area contributed by atoms with Crippen molar-refractivity contribution in [2.24, 2.45) is 0 Å². The number of para-hydroxylation sites is 1. The van der Waals surface area contributed by atoms with Crippen LogP contribution in [0.15, 0.2) is 42.4 Å². The molecule has 0 aliphatic carbocycles. The van der Waals surface area contributed by atoms with Crippen molar-refractivity contribution in [1.82, 2.24) is 9.97 Å². The van der Waals surface area contributed by atoms with E-state index in [0.717, 1.165) is 0 Å². The van der Waals surface area contributed by atoms with Crippen LogP contribution in [0.25, 0.3) is 33.2 Å². The van der Waals surface area contributed by atoms with E-state index in [2.05, 4.69) is 9.97 Å². The van der Waals surface area contributed by atoms with Gasteiger partial charge in [0.1, 0.15) is 0 Å². The second kappa shape index (κ2) is 4.20. The molecule has 0 saturated carbocycles. The highest BCUT2D eigenvalue weighted by Crippen LogP contribution is 2.41. The largest absolute Gasteiger partial charge is 0.871 e. The van der Waals surface area contributed by atoms with E-state index in [1.807, 2.05) is 0 Å². The topological polar surface area (TPSA) is 77.7 Å². The van der Waals surface area contributed by atoms with Gasteiger partial charge >= 0.3 is 0 Å². The zero-order chi connectivity index (χ0) is 15.4. The van der Waals surface area contributed by atoms with Crippen LogP contribution in [0.4, 0.5) is 0 Å². The van der Waals surface area contributed by atoms with E-state index >= 15 is 0 Å². The van der Waals surface area contributed by atoms with Gasteiger partial charge in [-0.25, -0.2) is 0 Å². The third-order valence-electron chi connectivity index (χ3n) is 3.55. The summed E-state index contributed by atoms with van der Waals surface area (Å²) >= 11 is 6.07. The van der Waals surface area contributed by atoms with Crippen molar-refractivity contribution >= 4 is 33.4 Å². The highest BCUT2D eigenvalue weighted by molar-refractivity contribution is 6.36. The molecule has 2 heterocycles. The Kier molecular flexibility index (Phi) is 2.22. The predicted molar refractivity (Wildman–Crippen MR) is 79.5 cm³/mol. The molecule has 2 aromatic heterocycles. The van der Waals surface area contributed by atoms with Gasteiger partial charge in [-0.15, -0.1) is 0 Å². The number of hydrogen-bond acceptors (Lipinski definition) is 2. The lowest BCUT2D eigenvalue weighted by Gasteiger charge is -2.12. The molecule has 0 atom stereocenters. The Morgan fingerprint density at radius 1 is 0.905 bits per heavy atom. The van der Waals surface area contributed by atoms with Gasteiger partial charge in [-0.3, -0.25) is 0 Å². The Balaban J connectivity index is 2.08. The summed E-state index contributed by atoms with van der Waals surface area (Å²) in [6, 6.07) is 10.2. The molecule has 0 aliphatic heterocycles. The zero-order valence-corrected chi connectivity index (χ0v) is 11.4. The highest BCUT2D eigenvalue weighted by Gasteiger charge is 2.12. The maximum Gasteiger partial charge on any atom is 0.0630 e. The fourth-order valence-electron chi connectivity index (χ4n) is 2.57. The smallest absolute Gasteiger partial charge is 0.0630 e. The molecule has 0 aliphatic rings. The lowest BCUT2D eigenvalue weighted by Crippen LogP contribution is -1.95. The average Bonchev–Trinajstić information content (AvgIpc) is 2.99. The molecule has 21 heavy (non-hydrogen) atoms. The summed E-state index contributed by atoms with van der Waals surface area (Å²) in [6.45, 7) is 0. The van der Waals surface area contributed by atoms with Gasteiger partial charge < -0.3 is 20.2 Å². The number of halogens is 1. The minimum Gasteiger partial charge on any atom is -0.871 e. The van der Waals surface area contributed by atoms with Gasteiger partial charge in [-0.2, -0.15) is 0 Å². The minimum absolute atomic E-state index is 0.131. The van der Waals surface area contributed by atoms with Crippen molar-refractivity contribution in [3.05, 3.63) is 47.5 Å². The second-order valence-electron chi connectivity index (χ2n) is 4.78. The van der Waals surface area contributed by atoms with Crippen LogP contribution in [-0.4, -0.2) is 9.97 Å². The van der Waals surface area contributed by atoms with Gasteiger partial charge in [0.2, 0.25) is 0 Å². The molecule has 0 bridgehead atoms. The van der Waals surface area contributed by atoms with Crippen molar-refractivity contribution in [1.29, 1.82) is 0 Å². The maximum absolute atomic E-state index is 12.5. The molecule has 2 aromatic carbocycles. The summed E-state index contributed by atoms with van der Waals surface area (Å²) < 4.78 is 7.85. The van der Waals surface area contributed by atoms with E-state index < -0.39 is 0 Å². The lowest BCUT2D eigenvalue weighted by molar-refractivity contribution is -0.268. The summed E-state index contributed by atoms with van der Waals surface area (Å²) in [7, 11) is 0. The molecule has 0 radical (unpaired) electrons. The first-order valence-electron chi connectivity index (χ1n) is 6.84. The van der Waals surface area contributed by atoms with Gasteiger partial charge in [0.05, 0.1) is 12.8 Å². The Labute approximate surface area is 126 Å². The number of aromatic amines is 2. The molecular weight excluding hydrogens is 288 g/mol. The van der Waals surface area contributed by atoms with Crippen LogP contribution in [-0.2, 0) is 0 Å². The molecule has 0 spiro atoms. The highest BCUT2D eigenvalue weighted by atomic mass is 35.5. The molecular formula is C16H9ClN2O2-2.